The molecule has 7 heteroatoms. The minimum Gasteiger partial charge on any atom is -0.461 e. The standard InChI is InChI=1S/C19H20N2O4S/c1-10(2)9-24-18(23)16-12(4)20-19(26-16)21-17(22)15-11(3)13-7-5-6-8-14(13)25-15/h5-8,10H,9H2,1-4H3,(H,20,21,22). The molecule has 26 heavy (non-hydrogen) atoms. The minimum atomic E-state index is -0.422. The first-order valence-electron chi connectivity index (χ1n) is 8.31. The number of aromatic nitrogens is 1. The molecule has 0 aliphatic carbocycles. The highest BCUT2D eigenvalue weighted by Gasteiger charge is 2.21. The molecule has 2 aromatic heterocycles. The molecule has 1 aromatic carbocycles. The highest BCUT2D eigenvalue weighted by Crippen LogP contribution is 2.28. The molecule has 136 valence electrons. The number of thiazole rings is 1. The van der Waals surface area contributed by atoms with Crippen LogP contribution in [0, 0.1) is 19.8 Å². The zero-order valence-corrected chi connectivity index (χ0v) is 15.9. The Morgan fingerprint density at radius 1 is 1.27 bits per heavy atom. The molecule has 1 amide bonds. The number of esters is 1. The third-order valence-corrected chi connectivity index (χ3v) is 4.85. The molecular weight excluding hydrogens is 352 g/mol. The lowest BCUT2D eigenvalue weighted by Gasteiger charge is -2.05. The van der Waals surface area contributed by atoms with Gasteiger partial charge >= 0.3 is 5.97 Å². The van der Waals surface area contributed by atoms with Crippen molar-refractivity contribution >= 4 is 39.3 Å². The van der Waals surface area contributed by atoms with E-state index in [1.54, 1.807) is 6.92 Å². The van der Waals surface area contributed by atoms with Crippen molar-refractivity contribution in [2.45, 2.75) is 27.7 Å². The third kappa shape index (κ3) is 3.62. The van der Waals surface area contributed by atoms with Crippen LogP contribution in [0.3, 0.4) is 0 Å². The van der Waals surface area contributed by atoms with Gasteiger partial charge in [0.25, 0.3) is 5.91 Å². The molecule has 0 spiro atoms. The molecular formula is C19H20N2O4S. The Bertz CT molecular complexity index is 971. The number of ether oxygens (including phenoxy) is 1. The van der Waals surface area contributed by atoms with Crippen molar-refractivity contribution < 1.29 is 18.7 Å². The van der Waals surface area contributed by atoms with Gasteiger partial charge in [0.2, 0.25) is 0 Å². The smallest absolute Gasteiger partial charge is 0.350 e. The number of benzene rings is 1. The molecule has 0 bridgehead atoms. The lowest BCUT2D eigenvalue weighted by Crippen LogP contribution is -2.11. The number of anilines is 1. The van der Waals surface area contributed by atoms with Crippen molar-refractivity contribution in [1.82, 2.24) is 4.98 Å². The summed E-state index contributed by atoms with van der Waals surface area (Å²) in [5, 5.41) is 3.94. The van der Waals surface area contributed by atoms with E-state index in [9.17, 15) is 9.59 Å². The molecule has 0 atom stereocenters. The second-order valence-electron chi connectivity index (χ2n) is 6.43. The van der Waals surface area contributed by atoms with E-state index in [2.05, 4.69) is 10.3 Å². The van der Waals surface area contributed by atoms with Crippen LogP contribution in [0.2, 0.25) is 0 Å². The second kappa shape index (κ2) is 7.29. The zero-order valence-electron chi connectivity index (χ0n) is 15.1. The van der Waals surface area contributed by atoms with Gasteiger partial charge in [-0.2, -0.15) is 0 Å². The number of hydrogen-bond acceptors (Lipinski definition) is 6. The van der Waals surface area contributed by atoms with Crippen molar-refractivity contribution in [3.05, 3.63) is 46.2 Å². The number of aryl methyl sites for hydroxylation is 2. The van der Waals surface area contributed by atoms with Gasteiger partial charge in [-0.05, 0) is 25.8 Å². The topological polar surface area (TPSA) is 81.4 Å². The van der Waals surface area contributed by atoms with Gasteiger partial charge in [-0.1, -0.05) is 43.4 Å². The molecule has 3 aromatic rings. The Kier molecular flexibility index (Phi) is 5.08. The molecule has 0 unspecified atom stereocenters. The predicted molar refractivity (Wildman–Crippen MR) is 101 cm³/mol. The van der Waals surface area contributed by atoms with Crippen LogP contribution < -0.4 is 5.32 Å². The summed E-state index contributed by atoms with van der Waals surface area (Å²) < 4.78 is 10.9. The summed E-state index contributed by atoms with van der Waals surface area (Å²) in [6, 6.07) is 7.47. The van der Waals surface area contributed by atoms with Crippen LogP contribution in [0.15, 0.2) is 28.7 Å². The van der Waals surface area contributed by atoms with Crippen molar-refractivity contribution in [3.63, 3.8) is 0 Å². The first-order valence-corrected chi connectivity index (χ1v) is 9.12. The zero-order chi connectivity index (χ0) is 18.8. The maximum atomic E-state index is 12.6. The van der Waals surface area contributed by atoms with E-state index in [4.69, 9.17) is 9.15 Å². The molecule has 6 nitrogen and oxygen atoms in total. The van der Waals surface area contributed by atoms with Gasteiger partial charge in [-0.25, -0.2) is 9.78 Å². The molecule has 0 aliphatic heterocycles. The average molecular weight is 372 g/mol. The van der Waals surface area contributed by atoms with E-state index in [-0.39, 0.29) is 11.7 Å². The van der Waals surface area contributed by atoms with Crippen LogP contribution in [0.5, 0.6) is 0 Å². The fraction of sp³-hybridized carbons (Fsp3) is 0.316. The van der Waals surface area contributed by atoms with Gasteiger partial charge in [-0.3, -0.25) is 10.1 Å². The molecule has 0 saturated heterocycles. The molecule has 0 radical (unpaired) electrons. The van der Waals surface area contributed by atoms with E-state index < -0.39 is 11.9 Å². The van der Waals surface area contributed by atoms with Crippen molar-refractivity contribution in [2.24, 2.45) is 5.92 Å². The molecule has 0 aliphatic rings. The number of hydrogen-bond donors (Lipinski definition) is 1. The van der Waals surface area contributed by atoms with Crippen LogP contribution in [-0.4, -0.2) is 23.5 Å². The van der Waals surface area contributed by atoms with Gasteiger partial charge in [-0.15, -0.1) is 0 Å². The highest BCUT2D eigenvalue weighted by atomic mass is 32.1. The molecule has 0 saturated carbocycles. The van der Waals surface area contributed by atoms with E-state index in [1.165, 1.54) is 0 Å². The number of carbonyl (C=O) groups excluding carboxylic acids is 2. The van der Waals surface area contributed by atoms with Crippen LogP contribution in [0.25, 0.3) is 11.0 Å². The van der Waals surface area contributed by atoms with Crippen molar-refractivity contribution in [3.8, 4) is 0 Å². The summed E-state index contributed by atoms with van der Waals surface area (Å²) in [6.45, 7) is 7.82. The monoisotopic (exact) mass is 372 g/mol. The van der Waals surface area contributed by atoms with Crippen molar-refractivity contribution in [1.29, 1.82) is 0 Å². The Morgan fingerprint density at radius 3 is 2.69 bits per heavy atom. The first kappa shape index (κ1) is 18.1. The second-order valence-corrected chi connectivity index (χ2v) is 7.43. The van der Waals surface area contributed by atoms with Crippen LogP contribution in [-0.2, 0) is 4.74 Å². The summed E-state index contributed by atoms with van der Waals surface area (Å²) in [6.07, 6.45) is 0. The average Bonchev–Trinajstić information content (AvgIpc) is 3.13. The van der Waals surface area contributed by atoms with Crippen molar-refractivity contribution in [2.75, 3.05) is 11.9 Å². The predicted octanol–water partition coefficient (Wildman–Crippen LogP) is 4.57. The number of furan rings is 1. The summed E-state index contributed by atoms with van der Waals surface area (Å²) in [4.78, 5) is 29.3. The number of fused-ring (bicyclic) bond motifs is 1. The molecule has 0 fully saturated rings. The van der Waals surface area contributed by atoms with E-state index in [0.29, 0.717) is 27.9 Å². The number of amides is 1. The Hall–Kier alpha value is -2.67. The number of para-hydroxylation sites is 1. The quantitative estimate of drug-likeness (QED) is 0.664. The lowest BCUT2D eigenvalue weighted by molar-refractivity contribution is 0.0463. The molecule has 2 heterocycles. The number of nitrogens with zero attached hydrogens (tertiary/aromatic N) is 1. The maximum absolute atomic E-state index is 12.6. The van der Waals surface area contributed by atoms with Crippen LogP contribution in [0.1, 0.15) is 45.3 Å². The van der Waals surface area contributed by atoms with E-state index >= 15 is 0 Å². The fourth-order valence-corrected chi connectivity index (χ4v) is 3.35. The summed E-state index contributed by atoms with van der Waals surface area (Å²) in [5.41, 5.74) is 1.95. The number of carbonyl (C=O) groups is 2. The maximum Gasteiger partial charge on any atom is 0.350 e. The Morgan fingerprint density at radius 2 is 2.00 bits per heavy atom. The SMILES string of the molecule is Cc1nc(NC(=O)c2oc3ccccc3c2C)sc1C(=O)OCC(C)C. The lowest BCUT2D eigenvalue weighted by atomic mass is 10.1. The number of rotatable bonds is 5. The Labute approximate surface area is 155 Å². The van der Waals surface area contributed by atoms with Gasteiger partial charge in [0.05, 0.1) is 12.3 Å². The first-order chi connectivity index (χ1) is 12.4. The molecule has 3 rings (SSSR count). The minimum absolute atomic E-state index is 0.239. The third-order valence-electron chi connectivity index (χ3n) is 3.80. The largest absolute Gasteiger partial charge is 0.461 e. The van der Waals surface area contributed by atoms with E-state index in [0.717, 1.165) is 22.3 Å². The van der Waals surface area contributed by atoms with E-state index in [1.807, 2.05) is 45.0 Å². The van der Waals surface area contributed by atoms with Gasteiger partial charge in [0.1, 0.15) is 10.5 Å². The van der Waals surface area contributed by atoms with Crippen LogP contribution >= 0.6 is 11.3 Å². The fourth-order valence-electron chi connectivity index (χ4n) is 2.49. The molecule has 1 N–H and O–H groups in total. The summed E-state index contributed by atoms with van der Waals surface area (Å²) >= 11 is 1.10. The van der Waals surface area contributed by atoms with Gasteiger partial charge < -0.3 is 9.15 Å². The summed E-state index contributed by atoms with van der Waals surface area (Å²) in [7, 11) is 0. The normalized spacial score (nSPS) is 11.1. The van der Waals surface area contributed by atoms with Gasteiger partial charge in [0.15, 0.2) is 10.9 Å². The summed E-state index contributed by atoms with van der Waals surface area (Å²) in [5.74, 6) is -0.325. The number of nitrogens with one attached hydrogen (secondary N) is 1. The highest BCUT2D eigenvalue weighted by molar-refractivity contribution is 7.17. The Balaban J connectivity index is 1.78. The van der Waals surface area contributed by atoms with Gasteiger partial charge in [0, 0.05) is 10.9 Å². The van der Waals surface area contributed by atoms with Crippen LogP contribution in [0.4, 0.5) is 5.13 Å².